The lowest BCUT2D eigenvalue weighted by atomic mass is 10.00. The SMILES string of the molecule is CC(C)c1ccc(-c2nc(C3(O)CCN(C(=O)Cc4ccc(-c5ccc(F)cc5)nc4)C3)cn2C)nc1. The summed E-state index contributed by atoms with van der Waals surface area (Å²) in [6, 6.07) is 13.8. The molecule has 37 heavy (non-hydrogen) atoms. The number of aryl methyl sites for hydroxylation is 1. The zero-order valence-electron chi connectivity index (χ0n) is 21.2. The molecule has 8 heteroatoms. The molecule has 1 unspecified atom stereocenters. The number of hydrogen-bond donors (Lipinski definition) is 1. The van der Waals surface area contributed by atoms with Gasteiger partial charge in [0.1, 0.15) is 17.1 Å². The highest BCUT2D eigenvalue weighted by molar-refractivity contribution is 5.79. The highest BCUT2D eigenvalue weighted by atomic mass is 19.1. The van der Waals surface area contributed by atoms with E-state index in [-0.39, 0.29) is 24.7 Å². The van der Waals surface area contributed by atoms with E-state index in [2.05, 4.69) is 23.8 Å². The van der Waals surface area contributed by atoms with Crippen molar-refractivity contribution in [1.29, 1.82) is 0 Å². The fraction of sp³-hybridized carbons (Fsp3) is 0.310. The maximum absolute atomic E-state index is 13.2. The third-order valence-corrected chi connectivity index (χ3v) is 6.96. The van der Waals surface area contributed by atoms with Crippen LogP contribution in [0.15, 0.2) is 67.1 Å². The summed E-state index contributed by atoms with van der Waals surface area (Å²) in [5, 5.41) is 11.4. The summed E-state index contributed by atoms with van der Waals surface area (Å²) in [6.45, 7) is 4.88. The van der Waals surface area contributed by atoms with Gasteiger partial charge in [-0.15, -0.1) is 0 Å². The van der Waals surface area contributed by atoms with Crippen molar-refractivity contribution in [3.8, 4) is 22.8 Å². The number of β-amino-alcohol motifs (C(OH)–C–C–N with tert-alkyl or cyclic N) is 1. The molecular formula is C29H30FN5O2. The number of halogens is 1. The van der Waals surface area contributed by atoms with Gasteiger partial charge in [-0.25, -0.2) is 9.37 Å². The number of rotatable bonds is 6. The largest absolute Gasteiger partial charge is 0.382 e. The van der Waals surface area contributed by atoms with Gasteiger partial charge >= 0.3 is 0 Å². The van der Waals surface area contributed by atoms with Crippen LogP contribution in [0.2, 0.25) is 0 Å². The van der Waals surface area contributed by atoms with E-state index in [4.69, 9.17) is 4.98 Å². The Bertz CT molecular complexity index is 1400. The lowest BCUT2D eigenvalue weighted by Gasteiger charge is -2.21. The van der Waals surface area contributed by atoms with Gasteiger partial charge in [-0.3, -0.25) is 14.8 Å². The topological polar surface area (TPSA) is 84.1 Å². The van der Waals surface area contributed by atoms with Gasteiger partial charge in [0, 0.05) is 44.2 Å². The van der Waals surface area contributed by atoms with Crippen molar-refractivity contribution in [3.63, 3.8) is 0 Å². The van der Waals surface area contributed by atoms with Crippen molar-refractivity contribution in [2.24, 2.45) is 7.05 Å². The number of likely N-dealkylation sites (tertiary alicyclic amines) is 1. The number of hydrogen-bond acceptors (Lipinski definition) is 5. The minimum Gasteiger partial charge on any atom is -0.382 e. The molecule has 0 spiro atoms. The van der Waals surface area contributed by atoms with Gasteiger partial charge in [0.25, 0.3) is 0 Å². The highest BCUT2D eigenvalue weighted by Gasteiger charge is 2.41. The second-order valence-corrected chi connectivity index (χ2v) is 10.0. The summed E-state index contributed by atoms with van der Waals surface area (Å²) in [7, 11) is 1.88. The molecule has 4 aromatic rings. The van der Waals surface area contributed by atoms with E-state index < -0.39 is 5.60 Å². The van der Waals surface area contributed by atoms with Gasteiger partial charge in [-0.1, -0.05) is 26.0 Å². The van der Waals surface area contributed by atoms with Crippen molar-refractivity contribution in [3.05, 3.63) is 89.8 Å². The first-order valence-electron chi connectivity index (χ1n) is 12.4. The molecule has 0 aliphatic carbocycles. The first kappa shape index (κ1) is 24.8. The average Bonchev–Trinajstić information content (AvgIpc) is 3.49. The maximum atomic E-state index is 13.2. The third-order valence-electron chi connectivity index (χ3n) is 6.96. The summed E-state index contributed by atoms with van der Waals surface area (Å²) in [5.41, 5.74) is 3.53. The number of benzene rings is 1. The summed E-state index contributed by atoms with van der Waals surface area (Å²) in [5.74, 6) is 0.699. The van der Waals surface area contributed by atoms with Gasteiger partial charge in [0.15, 0.2) is 5.82 Å². The molecule has 1 aromatic carbocycles. The van der Waals surface area contributed by atoms with Crippen molar-refractivity contribution in [1.82, 2.24) is 24.4 Å². The Morgan fingerprint density at radius 1 is 1.05 bits per heavy atom. The van der Waals surface area contributed by atoms with E-state index >= 15 is 0 Å². The molecule has 1 atom stereocenters. The molecule has 1 aliphatic rings. The van der Waals surface area contributed by atoms with Gasteiger partial charge in [0.05, 0.1) is 24.4 Å². The molecular weight excluding hydrogens is 469 g/mol. The molecule has 0 radical (unpaired) electrons. The number of amides is 1. The van der Waals surface area contributed by atoms with Crippen LogP contribution in [0.4, 0.5) is 4.39 Å². The minimum atomic E-state index is -1.21. The van der Waals surface area contributed by atoms with E-state index in [0.717, 1.165) is 22.4 Å². The number of carbonyl (C=O) groups is 1. The molecule has 7 nitrogen and oxygen atoms in total. The number of carbonyl (C=O) groups excluding carboxylic acids is 1. The van der Waals surface area contributed by atoms with Crippen LogP contribution in [0.5, 0.6) is 0 Å². The molecule has 1 fully saturated rings. The van der Waals surface area contributed by atoms with Gasteiger partial charge in [-0.05, 0) is 53.4 Å². The Morgan fingerprint density at radius 2 is 1.78 bits per heavy atom. The van der Waals surface area contributed by atoms with E-state index in [1.807, 2.05) is 48.3 Å². The predicted octanol–water partition coefficient (Wildman–Crippen LogP) is 4.47. The zero-order valence-corrected chi connectivity index (χ0v) is 21.2. The fourth-order valence-electron chi connectivity index (χ4n) is 4.63. The zero-order chi connectivity index (χ0) is 26.2. The van der Waals surface area contributed by atoms with Crippen molar-refractivity contribution in [2.75, 3.05) is 13.1 Å². The average molecular weight is 500 g/mol. The number of aromatic nitrogens is 4. The van der Waals surface area contributed by atoms with Crippen LogP contribution < -0.4 is 0 Å². The molecule has 5 rings (SSSR count). The van der Waals surface area contributed by atoms with Crippen LogP contribution in [-0.2, 0) is 23.9 Å². The first-order valence-corrected chi connectivity index (χ1v) is 12.4. The summed E-state index contributed by atoms with van der Waals surface area (Å²) in [4.78, 5) is 28.4. The van der Waals surface area contributed by atoms with E-state index in [1.165, 1.54) is 12.1 Å². The molecule has 1 N–H and O–H groups in total. The first-order chi connectivity index (χ1) is 17.7. The second-order valence-electron chi connectivity index (χ2n) is 10.0. The fourth-order valence-corrected chi connectivity index (χ4v) is 4.63. The Hall–Kier alpha value is -3.91. The standard InChI is InChI=1S/C29H30FN5O2/c1-19(2)22-7-11-25(32-16-22)28-33-26(17-34(28)3)29(37)12-13-35(18-29)27(36)14-20-4-10-24(31-15-20)21-5-8-23(30)9-6-21/h4-11,15-17,19,37H,12-14,18H2,1-3H3. The summed E-state index contributed by atoms with van der Waals surface area (Å²) >= 11 is 0. The number of pyridine rings is 2. The van der Waals surface area contributed by atoms with Crippen LogP contribution in [0.25, 0.3) is 22.8 Å². The smallest absolute Gasteiger partial charge is 0.227 e. The Kier molecular flexibility index (Phi) is 6.60. The van der Waals surface area contributed by atoms with Crippen molar-refractivity contribution >= 4 is 5.91 Å². The van der Waals surface area contributed by atoms with Crippen LogP contribution in [0, 0.1) is 5.82 Å². The second kappa shape index (κ2) is 9.86. The molecule has 0 bridgehead atoms. The van der Waals surface area contributed by atoms with Gasteiger partial charge < -0.3 is 14.6 Å². The Labute approximate surface area is 215 Å². The van der Waals surface area contributed by atoms with E-state index in [0.29, 0.717) is 36.1 Å². The summed E-state index contributed by atoms with van der Waals surface area (Å²) < 4.78 is 15.0. The lowest BCUT2D eigenvalue weighted by molar-refractivity contribution is -0.130. The predicted molar refractivity (Wildman–Crippen MR) is 139 cm³/mol. The lowest BCUT2D eigenvalue weighted by Crippen LogP contribution is -2.35. The van der Waals surface area contributed by atoms with Crippen LogP contribution >= 0.6 is 0 Å². The minimum absolute atomic E-state index is 0.0747. The van der Waals surface area contributed by atoms with E-state index in [9.17, 15) is 14.3 Å². The Morgan fingerprint density at radius 3 is 2.43 bits per heavy atom. The Balaban J connectivity index is 1.25. The van der Waals surface area contributed by atoms with Crippen molar-refractivity contribution < 1.29 is 14.3 Å². The van der Waals surface area contributed by atoms with Crippen LogP contribution in [0.3, 0.4) is 0 Å². The number of aliphatic hydroxyl groups is 1. The molecule has 1 amide bonds. The highest BCUT2D eigenvalue weighted by Crippen LogP contribution is 2.33. The number of imidazole rings is 1. The molecule has 190 valence electrons. The van der Waals surface area contributed by atoms with Gasteiger partial charge in [0.2, 0.25) is 5.91 Å². The molecule has 3 aromatic heterocycles. The normalized spacial score (nSPS) is 17.5. The molecule has 1 saturated heterocycles. The number of nitrogens with zero attached hydrogens (tertiary/aromatic N) is 5. The third kappa shape index (κ3) is 5.15. The molecule has 0 saturated carbocycles. The van der Waals surface area contributed by atoms with Crippen LogP contribution in [-0.4, -0.2) is 48.5 Å². The summed E-state index contributed by atoms with van der Waals surface area (Å²) in [6.07, 6.45) is 5.95. The van der Waals surface area contributed by atoms with Crippen LogP contribution in [0.1, 0.15) is 43.0 Å². The van der Waals surface area contributed by atoms with Crippen molar-refractivity contribution in [2.45, 2.75) is 38.2 Å². The molecule has 1 aliphatic heterocycles. The molecule has 4 heterocycles. The maximum Gasteiger partial charge on any atom is 0.227 e. The quantitative estimate of drug-likeness (QED) is 0.423. The van der Waals surface area contributed by atoms with Gasteiger partial charge in [-0.2, -0.15) is 0 Å². The monoisotopic (exact) mass is 499 g/mol. The van der Waals surface area contributed by atoms with E-state index in [1.54, 1.807) is 23.2 Å².